The van der Waals surface area contributed by atoms with Crippen molar-refractivity contribution in [3.8, 4) is 11.5 Å². The molecular formula is C42H42N6O7. The molecule has 3 fully saturated rings. The van der Waals surface area contributed by atoms with Crippen molar-refractivity contribution in [3.05, 3.63) is 120 Å². The summed E-state index contributed by atoms with van der Waals surface area (Å²) in [4.78, 5) is 40.9. The number of carbonyl (C=O) groups is 2. The molecule has 5 heterocycles. The van der Waals surface area contributed by atoms with Crippen molar-refractivity contribution in [2.75, 3.05) is 12.3 Å². The molecule has 1 amide bonds. The summed E-state index contributed by atoms with van der Waals surface area (Å²) in [6, 6.07) is 22.6. The van der Waals surface area contributed by atoms with Crippen LogP contribution in [0.4, 0.5) is 5.82 Å². The molecular weight excluding hydrogens is 700 g/mol. The van der Waals surface area contributed by atoms with E-state index in [0.717, 1.165) is 43.2 Å². The van der Waals surface area contributed by atoms with E-state index in [0.29, 0.717) is 22.5 Å². The smallest absolute Gasteiger partial charge is 0.305 e. The standard InChI is InChI=1S/C42H42N6O7/c1-41(2)53-35-30(51-40(36(35)54-41)48-24-47-32-37(43)45-23-46-38(32)48)19-12-20-44-39(50)29-21-26(33(49)25-13-6-3-7-14-25)22-31-34(29)55-42(52-31,27-15-8-4-9-16-27)28-17-10-5-11-18-28/h4-5,8-12,15-19,21-25,30,35-36,40H,3,6-7,13-14,20H2,1-2H3,(H,44,50)(H2,43,45,46)/b19-12+/t30-,35?,36+,40-/m1/s1. The third-order valence-electron chi connectivity index (χ3n) is 10.8. The number of nitrogens with two attached hydrogens (primary N) is 1. The Balaban J connectivity index is 0.990. The molecule has 1 aliphatic carbocycles. The second kappa shape index (κ2) is 13.9. The van der Waals surface area contributed by atoms with Crippen LogP contribution in [0.1, 0.15) is 84.0 Å². The van der Waals surface area contributed by atoms with Gasteiger partial charge >= 0.3 is 5.79 Å². The van der Waals surface area contributed by atoms with Gasteiger partial charge in [-0.25, -0.2) is 15.0 Å². The van der Waals surface area contributed by atoms with E-state index < -0.39 is 42.0 Å². The normalized spacial score (nSPS) is 24.0. The number of nitrogens with zero attached hydrogens (tertiary/aromatic N) is 4. The Morgan fingerprint density at radius 2 is 1.62 bits per heavy atom. The predicted molar refractivity (Wildman–Crippen MR) is 201 cm³/mol. The largest absolute Gasteiger partial charge is 0.440 e. The Hall–Kier alpha value is -5.63. The summed E-state index contributed by atoms with van der Waals surface area (Å²) in [6.45, 7) is 3.87. The third-order valence-corrected chi connectivity index (χ3v) is 10.8. The monoisotopic (exact) mass is 742 g/mol. The molecule has 2 saturated heterocycles. The number of rotatable bonds is 9. The zero-order chi connectivity index (χ0) is 37.7. The maximum atomic E-state index is 14.2. The van der Waals surface area contributed by atoms with Crippen LogP contribution in [0.15, 0.2) is 97.6 Å². The molecule has 3 aliphatic heterocycles. The first-order valence-corrected chi connectivity index (χ1v) is 18.8. The van der Waals surface area contributed by atoms with Crippen molar-refractivity contribution in [3.63, 3.8) is 0 Å². The number of Topliss-reactive ketones (excluding diaryl/α,β-unsaturated/α-hetero) is 1. The van der Waals surface area contributed by atoms with Crippen molar-refractivity contribution >= 4 is 28.7 Å². The number of ether oxygens (including phenoxy) is 5. The zero-order valence-corrected chi connectivity index (χ0v) is 30.6. The predicted octanol–water partition coefficient (Wildman–Crippen LogP) is 6.25. The van der Waals surface area contributed by atoms with Crippen molar-refractivity contribution in [1.82, 2.24) is 24.8 Å². The van der Waals surface area contributed by atoms with Gasteiger partial charge in [-0.05, 0) is 38.8 Å². The summed E-state index contributed by atoms with van der Waals surface area (Å²) in [5.74, 6) is -1.83. The number of ketones is 1. The molecule has 0 bridgehead atoms. The van der Waals surface area contributed by atoms with Gasteiger partial charge in [0.05, 0.1) is 11.9 Å². The molecule has 13 heteroatoms. The number of benzene rings is 3. The van der Waals surface area contributed by atoms with Crippen LogP contribution in [0, 0.1) is 5.92 Å². The number of hydrogen-bond acceptors (Lipinski definition) is 11. The van der Waals surface area contributed by atoms with Crippen LogP contribution < -0.4 is 20.5 Å². The van der Waals surface area contributed by atoms with Crippen LogP contribution in [-0.2, 0) is 20.0 Å². The molecule has 9 rings (SSSR count). The van der Waals surface area contributed by atoms with Gasteiger partial charge in [0.25, 0.3) is 5.91 Å². The van der Waals surface area contributed by atoms with Crippen molar-refractivity contribution < 1.29 is 33.3 Å². The molecule has 55 heavy (non-hydrogen) atoms. The highest BCUT2D eigenvalue weighted by molar-refractivity contribution is 6.04. The zero-order valence-electron chi connectivity index (χ0n) is 30.6. The van der Waals surface area contributed by atoms with Crippen LogP contribution >= 0.6 is 0 Å². The van der Waals surface area contributed by atoms with Crippen LogP contribution in [0.3, 0.4) is 0 Å². The highest BCUT2D eigenvalue weighted by Crippen LogP contribution is 2.50. The molecule has 2 aromatic heterocycles. The average Bonchev–Trinajstić information content (AvgIpc) is 3.98. The van der Waals surface area contributed by atoms with Crippen LogP contribution in [0.2, 0.25) is 0 Å². The van der Waals surface area contributed by atoms with Gasteiger partial charge in [-0.2, -0.15) is 0 Å². The SMILES string of the molecule is CC1(C)OC2[C@@H](/C=C/CNC(=O)c3cc(C(=O)C4CCCCC4)cc4c3OC(c3ccccc3)(c3ccccc3)O4)O[C@@H](n3cnc4c(N)ncnc43)[C@H]2O1. The van der Waals surface area contributed by atoms with E-state index in [4.69, 9.17) is 29.4 Å². The quantitative estimate of drug-likeness (QED) is 0.130. The van der Waals surface area contributed by atoms with Crippen molar-refractivity contribution in [2.45, 2.75) is 82.1 Å². The molecule has 3 N–H and O–H groups in total. The number of nitrogens with one attached hydrogen (secondary N) is 1. The van der Waals surface area contributed by atoms with E-state index in [2.05, 4.69) is 20.3 Å². The summed E-state index contributed by atoms with van der Waals surface area (Å²) >= 11 is 0. The molecule has 4 aliphatic rings. The van der Waals surface area contributed by atoms with Gasteiger partial charge in [-0.3, -0.25) is 14.2 Å². The topological polar surface area (TPSA) is 162 Å². The Labute approximate surface area is 317 Å². The number of aromatic nitrogens is 4. The summed E-state index contributed by atoms with van der Waals surface area (Å²) in [5.41, 5.74) is 9.19. The number of fused-ring (bicyclic) bond motifs is 3. The molecule has 4 atom stereocenters. The molecule has 282 valence electrons. The number of nitrogen functional groups attached to an aromatic ring is 1. The minimum absolute atomic E-state index is 0.0148. The first-order valence-electron chi connectivity index (χ1n) is 18.8. The summed E-state index contributed by atoms with van der Waals surface area (Å²) in [7, 11) is 0. The van der Waals surface area contributed by atoms with Gasteiger partial charge in [0.1, 0.15) is 30.2 Å². The maximum Gasteiger partial charge on any atom is 0.305 e. The van der Waals surface area contributed by atoms with Gasteiger partial charge in [-0.1, -0.05) is 92.1 Å². The van der Waals surface area contributed by atoms with Gasteiger partial charge in [-0.15, -0.1) is 0 Å². The van der Waals surface area contributed by atoms with Crippen LogP contribution in [-0.4, -0.2) is 61.9 Å². The molecule has 0 radical (unpaired) electrons. The lowest BCUT2D eigenvalue weighted by atomic mass is 9.83. The first-order chi connectivity index (χ1) is 26.7. The average molecular weight is 743 g/mol. The molecule has 1 saturated carbocycles. The maximum absolute atomic E-state index is 14.2. The van der Waals surface area contributed by atoms with E-state index in [-0.39, 0.29) is 35.4 Å². The fourth-order valence-corrected chi connectivity index (χ4v) is 8.22. The highest BCUT2D eigenvalue weighted by atomic mass is 16.8. The van der Waals surface area contributed by atoms with Gasteiger partial charge in [0.15, 0.2) is 40.8 Å². The minimum atomic E-state index is -1.37. The number of anilines is 1. The second-order valence-electron chi connectivity index (χ2n) is 14.9. The Bertz CT molecular complexity index is 2230. The molecule has 1 unspecified atom stereocenters. The van der Waals surface area contributed by atoms with Gasteiger partial charge < -0.3 is 34.7 Å². The first kappa shape index (κ1) is 35.1. The van der Waals surface area contributed by atoms with Crippen LogP contribution in [0.25, 0.3) is 11.2 Å². The Kier molecular flexibility index (Phi) is 8.87. The summed E-state index contributed by atoms with van der Waals surface area (Å²) in [6.07, 6.45) is 9.44. The van der Waals surface area contributed by atoms with Gasteiger partial charge in [0.2, 0.25) is 0 Å². The van der Waals surface area contributed by atoms with E-state index in [1.165, 1.54) is 6.33 Å². The second-order valence-corrected chi connectivity index (χ2v) is 14.9. The molecule has 3 aromatic carbocycles. The van der Waals surface area contributed by atoms with Gasteiger partial charge in [0, 0.05) is 29.2 Å². The Morgan fingerprint density at radius 1 is 0.909 bits per heavy atom. The van der Waals surface area contributed by atoms with E-state index >= 15 is 0 Å². The summed E-state index contributed by atoms with van der Waals surface area (Å²) in [5, 5.41) is 3.00. The fourth-order valence-electron chi connectivity index (χ4n) is 8.22. The van der Waals surface area contributed by atoms with Crippen molar-refractivity contribution in [1.29, 1.82) is 0 Å². The highest BCUT2D eigenvalue weighted by Gasteiger charge is 2.55. The Morgan fingerprint density at radius 3 is 2.35 bits per heavy atom. The number of hydrogen-bond donors (Lipinski definition) is 2. The van der Waals surface area contributed by atoms with E-state index in [1.54, 1.807) is 23.0 Å². The lowest BCUT2D eigenvalue weighted by Gasteiger charge is -2.28. The molecule has 5 aromatic rings. The van der Waals surface area contributed by atoms with E-state index in [1.807, 2.05) is 86.7 Å². The minimum Gasteiger partial charge on any atom is -0.440 e. The molecule has 13 nitrogen and oxygen atoms in total. The number of imidazole rings is 1. The van der Waals surface area contributed by atoms with Crippen molar-refractivity contribution in [2.24, 2.45) is 5.92 Å². The lowest BCUT2D eigenvalue weighted by Crippen LogP contribution is -2.37. The number of carbonyl (C=O) groups excluding carboxylic acids is 2. The van der Waals surface area contributed by atoms with E-state index in [9.17, 15) is 9.59 Å². The summed E-state index contributed by atoms with van der Waals surface area (Å²) < 4.78 is 34.3. The van der Waals surface area contributed by atoms with Crippen LogP contribution in [0.5, 0.6) is 11.5 Å². The molecule has 0 spiro atoms. The lowest BCUT2D eigenvalue weighted by molar-refractivity contribution is -0.191. The number of amides is 1. The fraction of sp³-hybridized carbons (Fsp3) is 0.357. The third kappa shape index (κ3) is 6.31.